The zero-order chi connectivity index (χ0) is 23.8. The molecule has 8 nitrogen and oxygen atoms in total. The maximum Gasteiger partial charge on any atom is 0.262 e. The van der Waals surface area contributed by atoms with Crippen LogP contribution in [-0.4, -0.2) is 26.8 Å². The molecule has 0 heterocycles. The van der Waals surface area contributed by atoms with Gasteiger partial charge in [-0.25, -0.2) is 13.1 Å². The van der Waals surface area contributed by atoms with Gasteiger partial charge in [0, 0.05) is 24.8 Å². The molecule has 0 aliphatic carbocycles. The minimum atomic E-state index is -3.69. The first-order chi connectivity index (χ1) is 15.7. The van der Waals surface area contributed by atoms with Crippen LogP contribution in [0.5, 0.6) is 5.75 Å². The van der Waals surface area contributed by atoms with E-state index in [1.165, 1.54) is 25.1 Å². The number of anilines is 2. The molecule has 2 amide bonds. The van der Waals surface area contributed by atoms with Gasteiger partial charge in [-0.2, -0.15) is 0 Å². The van der Waals surface area contributed by atoms with E-state index in [-0.39, 0.29) is 29.9 Å². The summed E-state index contributed by atoms with van der Waals surface area (Å²) in [5.41, 5.74) is 2.62. The molecule has 0 aliphatic heterocycles. The van der Waals surface area contributed by atoms with Crippen LogP contribution < -0.4 is 20.1 Å². The van der Waals surface area contributed by atoms with Crippen molar-refractivity contribution >= 4 is 33.2 Å². The molecule has 0 saturated heterocycles. The molecule has 0 saturated carbocycles. The zero-order valence-electron chi connectivity index (χ0n) is 18.3. The standard InChI is InChI=1S/C24H25N3O5S/c1-17-14-22(33(30,31)25-15-19-6-4-3-5-7-19)12-13-23(17)32-16-24(29)27-21-10-8-20(9-11-21)26-18(2)28/h3-14,25H,15-16H2,1-2H3,(H,26,28)(H,27,29). The number of ether oxygens (including phenoxy) is 1. The number of aryl methyl sites for hydroxylation is 1. The Hall–Kier alpha value is -3.69. The fourth-order valence-corrected chi connectivity index (χ4v) is 4.09. The molecule has 0 radical (unpaired) electrons. The van der Waals surface area contributed by atoms with Gasteiger partial charge in [0.15, 0.2) is 6.61 Å². The van der Waals surface area contributed by atoms with Gasteiger partial charge < -0.3 is 15.4 Å². The normalized spacial score (nSPS) is 11.0. The maximum absolute atomic E-state index is 12.6. The maximum atomic E-state index is 12.6. The van der Waals surface area contributed by atoms with E-state index in [1.54, 1.807) is 31.2 Å². The van der Waals surface area contributed by atoms with Crippen molar-refractivity contribution < 1.29 is 22.7 Å². The number of nitrogens with one attached hydrogen (secondary N) is 3. The SMILES string of the molecule is CC(=O)Nc1ccc(NC(=O)COc2ccc(S(=O)(=O)NCc3ccccc3)cc2C)cc1. The Balaban J connectivity index is 1.55. The smallest absolute Gasteiger partial charge is 0.262 e. The van der Waals surface area contributed by atoms with Gasteiger partial charge in [0.05, 0.1) is 4.90 Å². The van der Waals surface area contributed by atoms with Crippen molar-refractivity contribution in [2.45, 2.75) is 25.3 Å². The van der Waals surface area contributed by atoms with Crippen molar-refractivity contribution in [2.75, 3.05) is 17.2 Å². The Bertz CT molecular complexity index is 1230. The monoisotopic (exact) mass is 467 g/mol. The fourth-order valence-electron chi connectivity index (χ4n) is 2.99. The second kappa shape index (κ2) is 10.8. The predicted octanol–water partition coefficient (Wildman–Crippen LogP) is 3.45. The lowest BCUT2D eigenvalue weighted by Gasteiger charge is -2.12. The summed E-state index contributed by atoms with van der Waals surface area (Å²) >= 11 is 0. The van der Waals surface area contributed by atoms with Gasteiger partial charge >= 0.3 is 0 Å². The first kappa shape index (κ1) is 24.0. The van der Waals surface area contributed by atoms with Gasteiger partial charge in [0.25, 0.3) is 5.91 Å². The van der Waals surface area contributed by atoms with Gasteiger partial charge in [-0.1, -0.05) is 30.3 Å². The van der Waals surface area contributed by atoms with Crippen molar-refractivity contribution in [3.05, 3.63) is 83.9 Å². The van der Waals surface area contributed by atoms with Gasteiger partial charge in [-0.15, -0.1) is 0 Å². The molecule has 0 aliphatic rings. The van der Waals surface area contributed by atoms with Crippen LogP contribution in [0.1, 0.15) is 18.1 Å². The third-order valence-corrected chi connectivity index (χ3v) is 6.01. The Labute approximate surface area is 193 Å². The third kappa shape index (κ3) is 7.16. The zero-order valence-corrected chi connectivity index (χ0v) is 19.1. The summed E-state index contributed by atoms with van der Waals surface area (Å²) in [6.07, 6.45) is 0. The predicted molar refractivity (Wildman–Crippen MR) is 127 cm³/mol. The van der Waals surface area contributed by atoms with E-state index in [1.807, 2.05) is 30.3 Å². The summed E-state index contributed by atoms with van der Waals surface area (Å²) in [6.45, 7) is 3.07. The van der Waals surface area contributed by atoms with Crippen LogP contribution in [0, 0.1) is 6.92 Å². The number of carbonyl (C=O) groups excluding carboxylic acids is 2. The quantitative estimate of drug-likeness (QED) is 0.446. The van der Waals surface area contributed by atoms with Crippen LogP contribution >= 0.6 is 0 Å². The first-order valence-electron chi connectivity index (χ1n) is 10.2. The average Bonchev–Trinajstić information content (AvgIpc) is 2.78. The molecular weight excluding hydrogens is 442 g/mol. The van der Waals surface area contributed by atoms with Crippen molar-refractivity contribution in [1.82, 2.24) is 4.72 Å². The first-order valence-corrected chi connectivity index (χ1v) is 11.7. The highest BCUT2D eigenvalue weighted by molar-refractivity contribution is 7.89. The summed E-state index contributed by atoms with van der Waals surface area (Å²) in [4.78, 5) is 23.4. The molecule has 0 fully saturated rings. The van der Waals surface area contributed by atoms with E-state index < -0.39 is 10.0 Å². The van der Waals surface area contributed by atoms with Crippen LogP contribution in [0.3, 0.4) is 0 Å². The third-order valence-electron chi connectivity index (χ3n) is 4.61. The molecule has 9 heteroatoms. The van der Waals surface area contributed by atoms with Crippen molar-refractivity contribution in [3.63, 3.8) is 0 Å². The van der Waals surface area contributed by atoms with Crippen molar-refractivity contribution in [2.24, 2.45) is 0 Å². The minimum absolute atomic E-state index is 0.118. The lowest BCUT2D eigenvalue weighted by atomic mass is 10.2. The number of hydrogen-bond acceptors (Lipinski definition) is 5. The summed E-state index contributed by atoms with van der Waals surface area (Å²) in [6, 6.07) is 20.4. The number of benzene rings is 3. The van der Waals surface area contributed by atoms with Gasteiger partial charge in [-0.3, -0.25) is 9.59 Å². The van der Waals surface area contributed by atoms with Crippen LogP contribution in [0.25, 0.3) is 0 Å². The van der Waals surface area contributed by atoms with Gasteiger partial charge in [0.1, 0.15) is 5.75 Å². The molecule has 3 aromatic rings. The number of amides is 2. The summed E-state index contributed by atoms with van der Waals surface area (Å²) in [7, 11) is -3.69. The van der Waals surface area contributed by atoms with Crippen molar-refractivity contribution in [1.29, 1.82) is 0 Å². The van der Waals surface area contributed by atoms with E-state index in [9.17, 15) is 18.0 Å². The molecule has 0 aromatic heterocycles. The molecule has 3 N–H and O–H groups in total. The number of hydrogen-bond donors (Lipinski definition) is 3. The second-order valence-electron chi connectivity index (χ2n) is 7.33. The van der Waals surface area contributed by atoms with E-state index in [0.717, 1.165) is 5.56 Å². The molecule has 3 rings (SSSR count). The second-order valence-corrected chi connectivity index (χ2v) is 9.10. The van der Waals surface area contributed by atoms with Crippen LogP contribution in [-0.2, 0) is 26.2 Å². The molecule has 0 bridgehead atoms. The lowest BCUT2D eigenvalue weighted by Crippen LogP contribution is -2.23. The van der Waals surface area contributed by atoms with E-state index in [4.69, 9.17) is 4.74 Å². The Morgan fingerprint density at radius 2 is 1.52 bits per heavy atom. The largest absolute Gasteiger partial charge is 0.483 e. The van der Waals surface area contributed by atoms with E-state index in [2.05, 4.69) is 15.4 Å². The van der Waals surface area contributed by atoms with Gasteiger partial charge in [0.2, 0.25) is 15.9 Å². The highest BCUT2D eigenvalue weighted by atomic mass is 32.2. The summed E-state index contributed by atoms with van der Waals surface area (Å²) in [5.74, 6) is -0.141. The summed E-state index contributed by atoms with van der Waals surface area (Å²) < 4.78 is 33.3. The minimum Gasteiger partial charge on any atom is -0.483 e. The van der Waals surface area contributed by atoms with E-state index in [0.29, 0.717) is 22.7 Å². The molecule has 0 spiro atoms. The molecule has 0 unspecified atom stereocenters. The van der Waals surface area contributed by atoms with Crippen LogP contribution in [0.15, 0.2) is 77.7 Å². The topological polar surface area (TPSA) is 114 Å². The average molecular weight is 468 g/mol. The number of sulfonamides is 1. The Morgan fingerprint density at radius 3 is 2.12 bits per heavy atom. The highest BCUT2D eigenvalue weighted by Crippen LogP contribution is 2.22. The lowest BCUT2D eigenvalue weighted by molar-refractivity contribution is -0.118. The summed E-state index contributed by atoms with van der Waals surface area (Å²) in [5, 5.41) is 5.34. The molecule has 0 atom stereocenters. The van der Waals surface area contributed by atoms with Crippen LogP contribution in [0.4, 0.5) is 11.4 Å². The number of rotatable bonds is 9. The molecular formula is C24H25N3O5S. The molecule has 3 aromatic carbocycles. The highest BCUT2D eigenvalue weighted by Gasteiger charge is 2.16. The molecule has 33 heavy (non-hydrogen) atoms. The van der Waals surface area contributed by atoms with Gasteiger partial charge in [-0.05, 0) is 60.5 Å². The van der Waals surface area contributed by atoms with Crippen LogP contribution in [0.2, 0.25) is 0 Å². The molecule has 172 valence electrons. The van der Waals surface area contributed by atoms with E-state index >= 15 is 0 Å². The Kier molecular flexibility index (Phi) is 7.81. The van der Waals surface area contributed by atoms with Crippen molar-refractivity contribution in [3.8, 4) is 5.75 Å². The number of carbonyl (C=O) groups is 2. The fraction of sp³-hybridized carbons (Fsp3) is 0.167. The Morgan fingerprint density at radius 1 is 0.879 bits per heavy atom.